The van der Waals surface area contributed by atoms with Crippen LogP contribution >= 0.6 is 27.5 Å². The first kappa shape index (κ1) is 22.3. The number of benzene rings is 3. The molecule has 0 saturated heterocycles. The van der Waals surface area contributed by atoms with Gasteiger partial charge in [0, 0.05) is 5.69 Å². The summed E-state index contributed by atoms with van der Waals surface area (Å²) < 4.78 is 29.2. The molecule has 3 aromatic carbocycles. The first-order valence-corrected chi connectivity index (χ1v) is 11.5. The third kappa shape index (κ3) is 5.60. The van der Waals surface area contributed by atoms with Gasteiger partial charge in [0.15, 0.2) is 0 Å². The maximum Gasteiger partial charge on any atom is 0.238 e. The lowest BCUT2D eigenvalue weighted by Gasteiger charge is -2.13. The molecule has 156 valence electrons. The van der Waals surface area contributed by atoms with Gasteiger partial charge in [-0.15, -0.1) is 0 Å². The number of primary sulfonamides is 1. The molecular weight excluding hydrogens is 492 g/mol. The van der Waals surface area contributed by atoms with E-state index in [4.69, 9.17) is 21.5 Å². The Morgan fingerprint density at radius 1 is 1.10 bits per heavy atom. The first-order valence-electron chi connectivity index (χ1n) is 8.77. The summed E-state index contributed by atoms with van der Waals surface area (Å²) in [7, 11) is -3.78. The van der Waals surface area contributed by atoms with E-state index in [1.54, 1.807) is 24.3 Å². The lowest BCUT2D eigenvalue weighted by atomic mass is 10.1. The van der Waals surface area contributed by atoms with Crippen LogP contribution in [0.5, 0.6) is 11.5 Å². The van der Waals surface area contributed by atoms with Crippen LogP contribution in [-0.4, -0.2) is 14.3 Å². The molecule has 0 atom stereocenters. The highest BCUT2D eigenvalue weighted by molar-refractivity contribution is 9.10. The lowest BCUT2D eigenvalue weighted by Crippen LogP contribution is -2.15. The molecule has 0 aliphatic rings. The molecule has 0 aliphatic heterocycles. The van der Waals surface area contributed by atoms with Gasteiger partial charge in [0.05, 0.1) is 20.8 Å². The largest absolute Gasteiger partial charge is 0.456 e. The third-order valence-corrected chi connectivity index (χ3v) is 6.51. The molecule has 6 nitrogen and oxygen atoms in total. The second kappa shape index (κ2) is 9.18. The van der Waals surface area contributed by atoms with E-state index in [1.807, 2.05) is 19.1 Å². The van der Waals surface area contributed by atoms with Crippen LogP contribution in [0.4, 0.5) is 5.69 Å². The molecule has 0 fully saturated rings. The Bertz CT molecular complexity index is 1200. The Hall–Kier alpha value is -2.39. The highest BCUT2D eigenvalue weighted by Gasteiger charge is 2.12. The van der Waals surface area contributed by atoms with E-state index in [9.17, 15) is 13.2 Å². The third-order valence-electron chi connectivity index (χ3n) is 4.22. The van der Waals surface area contributed by atoms with Gasteiger partial charge in [-0.1, -0.05) is 29.8 Å². The summed E-state index contributed by atoms with van der Waals surface area (Å²) in [5.41, 5.74) is 2.14. The number of nitrogens with one attached hydrogen (secondary N) is 1. The van der Waals surface area contributed by atoms with E-state index in [2.05, 4.69) is 21.2 Å². The fourth-order valence-electron chi connectivity index (χ4n) is 2.66. The minimum atomic E-state index is -3.78. The van der Waals surface area contributed by atoms with Gasteiger partial charge < -0.3 is 10.1 Å². The average Bonchev–Trinajstić information content (AvgIpc) is 2.67. The van der Waals surface area contributed by atoms with Crippen molar-refractivity contribution in [1.82, 2.24) is 0 Å². The Kier molecular flexibility index (Phi) is 6.82. The van der Waals surface area contributed by atoms with Crippen LogP contribution in [0, 0.1) is 6.92 Å². The Morgan fingerprint density at radius 3 is 2.47 bits per heavy atom. The van der Waals surface area contributed by atoms with Crippen LogP contribution in [-0.2, 0) is 21.2 Å². The summed E-state index contributed by atoms with van der Waals surface area (Å²) >= 11 is 9.52. The van der Waals surface area contributed by atoms with E-state index >= 15 is 0 Å². The zero-order valence-corrected chi connectivity index (χ0v) is 19.0. The van der Waals surface area contributed by atoms with E-state index in [-0.39, 0.29) is 17.2 Å². The van der Waals surface area contributed by atoms with E-state index in [0.717, 1.165) is 11.1 Å². The fourth-order valence-corrected chi connectivity index (χ4v) is 3.69. The summed E-state index contributed by atoms with van der Waals surface area (Å²) in [5.74, 6) is 0.931. The van der Waals surface area contributed by atoms with Gasteiger partial charge >= 0.3 is 0 Å². The lowest BCUT2D eigenvalue weighted by molar-refractivity contribution is -0.115. The summed E-state index contributed by atoms with van der Waals surface area (Å²) in [6.45, 7) is 1.91. The van der Waals surface area contributed by atoms with Crippen LogP contribution in [0.1, 0.15) is 11.1 Å². The van der Waals surface area contributed by atoms with Gasteiger partial charge in [0.2, 0.25) is 15.9 Å². The second-order valence-corrected chi connectivity index (χ2v) is 9.31. The standard InChI is InChI=1S/C21H18BrClN2O4S/c1-13-5-6-14(11-19(13)29-18-4-2-3-17(23)21(18)22)12-20(26)25-15-7-9-16(10-8-15)30(24,27)28/h2-11H,12H2,1H3,(H,25,26)(H2,24,27,28). The normalized spacial score (nSPS) is 11.2. The van der Waals surface area contributed by atoms with Crippen molar-refractivity contribution >= 4 is 49.1 Å². The molecule has 1 amide bonds. The molecule has 0 unspecified atom stereocenters. The molecule has 3 aromatic rings. The topological polar surface area (TPSA) is 98.5 Å². The quantitative estimate of drug-likeness (QED) is 0.487. The minimum absolute atomic E-state index is 0.0204. The number of amides is 1. The number of ether oxygens (including phenoxy) is 1. The van der Waals surface area contributed by atoms with Crippen molar-refractivity contribution in [3.63, 3.8) is 0 Å². The number of hydrogen-bond acceptors (Lipinski definition) is 4. The second-order valence-electron chi connectivity index (χ2n) is 6.55. The number of rotatable bonds is 6. The van der Waals surface area contributed by atoms with Gasteiger partial charge in [-0.3, -0.25) is 4.79 Å². The van der Waals surface area contributed by atoms with Crippen molar-refractivity contribution in [2.24, 2.45) is 5.14 Å². The monoisotopic (exact) mass is 508 g/mol. The molecule has 0 radical (unpaired) electrons. The average molecular weight is 510 g/mol. The number of carbonyl (C=O) groups is 1. The van der Waals surface area contributed by atoms with Gasteiger partial charge in [-0.05, 0) is 76.4 Å². The number of anilines is 1. The minimum Gasteiger partial charge on any atom is -0.456 e. The van der Waals surface area contributed by atoms with Crippen molar-refractivity contribution in [2.75, 3.05) is 5.32 Å². The Labute approximate surface area is 188 Å². The number of halogens is 2. The molecule has 0 bridgehead atoms. The molecular formula is C21H18BrClN2O4S. The predicted molar refractivity (Wildman–Crippen MR) is 121 cm³/mol. The first-order chi connectivity index (χ1) is 14.1. The van der Waals surface area contributed by atoms with Gasteiger partial charge in [-0.2, -0.15) is 0 Å². The Morgan fingerprint density at radius 2 is 1.80 bits per heavy atom. The molecule has 30 heavy (non-hydrogen) atoms. The Balaban J connectivity index is 1.71. The SMILES string of the molecule is Cc1ccc(CC(=O)Nc2ccc(S(N)(=O)=O)cc2)cc1Oc1cccc(Cl)c1Br. The molecule has 3 rings (SSSR count). The van der Waals surface area contributed by atoms with Crippen LogP contribution < -0.4 is 15.2 Å². The number of sulfonamides is 1. The summed E-state index contributed by atoms with van der Waals surface area (Å²) in [6, 6.07) is 16.5. The number of nitrogens with two attached hydrogens (primary N) is 1. The summed E-state index contributed by atoms with van der Waals surface area (Å²) in [4.78, 5) is 12.4. The van der Waals surface area contributed by atoms with Crippen molar-refractivity contribution < 1.29 is 17.9 Å². The molecule has 9 heteroatoms. The number of aryl methyl sites for hydroxylation is 1. The van der Waals surface area contributed by atoms with Crippen molar-refractivity contribution in [3.8, 4) is 11.5 Å². The smallest absolute Gasteiger partial charge is 0.238 e. The van der Waals surface area contributed by atoms with Crippen LogP contribution in [0.3, 0.4) is 0 Å². The van der Waals surface area contributed by atoms with E-state index in [1.165, 1.54) is 24.3 Å². The maximum absolute atomic E-state index is 12.4. The fraction of sp³-hybridized carbons (Fsp3) is 0.0952. The van der Waals surface area contributed by atoms with Gasteiger partial charge in [0.25, 0.3) is 0 Å². The molecule has 0 aliphatic carbocycles. The van der Waals surface area contributed by atoms with Crippen LogP contribution in [0.25, 0.3) is 0 Å². The highest BCUT2D eigenvalue weighted by Crippen LogP contribution is 2.36. The van der Waals surface area contributed by atoms with Crippen molar-refractivity contribution in [3.05, 3.63) is 81.3 Å². The zero-order valence-electron chi connectivity index (χ0n) is 15.9. The highest BCUT2D eigenvalue weighted by atomic mass is 79.9. The molecule has 0 heterocycles. The van der Waals surface area contributed by atoms with Gasteiger partial charge in [-0.25, -0.2) is 13.6 Å². The van der Waals surface area contributed by atoms with Crippen molar-refractivity contribution in [2.45, 2.75) is 18.2 Å². The van der Waals surface area contributed by atoms with Gasteiger partial charge in [0.1, 0.15) is 11.5 Å². The molecule has 0 aromatic heterocycles. The zero-order chi connectivity index (χ0) is 21.9. The van der Waals surface area contributed by atoms with E-state index in [0.29, 0.717) is 26.7 Å². The summed E-state index contributed by atoms with van der Waals surface area (Å²) in [6.07, 6.45) is 0.115. The number of carbonyl (C=O) groups excluding carboxylic acids is 1. The molecule has 0 spiro atoms. The van der Waals surface area contributed by atoms with Crippen LogP contribution in [0.15, 0.2) is 70.0 Å². The molecule has 3 N–H and O–H groups in total. The predicted octanol–water partition coefficient (Wildman–Crippen LogP) is 5.03. The molecule has 0 saturated carbocycles. The maximum atomic E-state index is 12.4. The van der Waals surface area contributed by atoms with Crippen molar-refractivity contribution in [1.29, 1.82) is 0 Å². The van der Waals surface area contributed by atoms with E-state index < -0.39 is 10.0 Å². The van der Waals surface area contributed by atoms with Crippen LogP contribution in [0.2, 0.25) is 5.02 Å². The summed E-state index contributed by atoms with van der Waals surface area (Å²) in [5, 5.41) is 8.34. The number of hydrogen-bond donors (Lipinski definition) is 2.